The Morgan fingerprint density at radius 2 is 1.39 bits per heavy atom. The number of nitrogens with zero attached hydrogens (tertiary/aromatic N) is 4. The molecule has 0 spiro atoms. The van der Waals surface area contributed by atoms with Gasteiger partial charge in [0.05, 0.1) is 24.5 Å². The van der Waals surface area contributed by atoms with Crippen LogP contribution in [0.15, 0.2) is 36.4 Å². The Morgan fingerprint density at radius 1 is 0.879 bits per heavy atom. The van der Waals surface area contributed by atoms with Crippen molar-refractivity contribution >= 4 is 23.8 Å². The third-order valence-electron chi connectivity index (χ3n) is 4.73. The molecule has 0 radical (unpaired) electrons. The number of carbonyl (C=O) groups excluding carboxylic acids is 2. The predicted octanol–water partition coefficient (Wildman–Crippen LogP) is 0.155. The number of hydroxylamine groups is 1. The van der Waals surface area contributed by atoms with Gasteiger partial charge < -0.3 is 15.1 Å². The molecule has 2 aromatic heterocycles. The molecular formula is C21H23N5O7. The molecule has 12 nitrogen and oxygen atoms in total. The van der Waals surface area contributed by atoms with Gasteiger partial charge in [-0.15, -0.1) is 0 Å². The number of aromatic nitrogens is 2. The zero-order valence-electron chi connectivity index (χ0n) is 17.6. The molecule has 3 N–H and O–H groups in total. The van der Waals surface area contributed by atoms with Crippen molar-refractivity contribution in [2.45, 2.75) is 19.5 Å². The number of nitrogens with one attached hydrogen (secondary N) is 1. The second-order valence-electron chi connectivity index (χ2n) is 7.41. The van der Waals surface area contributed by atoms with Gasteiger partial charge >= 0.3 is 23.8 Å². The number of aliphatic carboxylic acids is 2. The Labute approximate surface area is 188 Å². The number of pyridine rings is 2. The highest BCUT2D eigenvalue weighted by Gasteiger charge is 2.18. The molecule has 0 unspecified atom stereocenters. The molecule has 2 aromatic rings. The summed E-state index contributed by atoms with van der Waals surface area (Å²) in [6.07, 6.45) is 0.475. The average molecular weight is 457 g/mol. The molecule has 3 rings (SSSR count). The molecule has 0 aromatic carbocycles. The van der Waals surface area contributed by atoms with Gasteiger partial charge in [-0.2, -0.15) is 5.48 Å². The molecule has 0 saturated heterocycles. The Bertz CT molecular complexity index is 964. The van der Waals surface area contributed by atoms with Crippen molar-refractivity contribution in [2.75, 3.05) is 26.2 Å². The molecular weight excluding hydrogens is 434 g/mol. The third kappa shape index (κ3) is 7.33. The molecule has 1 aliphatic heterocycles. The van der Waals surface area contributed by atoms with Crippen LogP contribution >= 0.6 is 0 Å². The summed E-state index contributed by atoms with van der Waals surface area (Å²) in [5.74, 6) is -3.68. The fourth-order valence-corrected chi connectivity index (χ4v) is 3.36. The van der Waals surface area contributed by atoms with E-state index < -0.39 is 23.8 Å². The van der Waals surface area contributed by atoms with E-state index in [1.54, 1.807) is 34.1 Å². The van der Waals surface area contributed by atoms with Crippen molar-refractivity contribution in [3.63, 3.8) is 0 Å². The van der Waals surface area contributed by atoms with Gasteiger partial charge in [0, 0.05) is 26.2 Å². The van der Waals surface area contributed by atoms with Gasteiger partial charge in [-0.3, -0.25) is 24.2 Å². The van der Waals surface area contributed by atoms with E-state index in [9.17, 15) is 29.4 Å². The monoisotopic (exact) mass is 457 g/mol. The maximum absolute atomic E-state index is 12.4. The minimum Gasteiger partial charge on any atom is -0.480 e. The van der Waals surface area contributed by atoms with E-state index in [0.29, 0.717) is 30.9 Å². The van der Waals surface area contributed by atoms with Crippen molar-refractivity contribution in [1.82, 2.24) is 25.2 Å². The first-order chi connectivity index (χ1) is 15.8. The number of hydrogen-bond acceptors (Lipinski definition) is 9. The lowest BCUT2D eigenvalue weighted by Gasteiger charge is -2.23. The fraction of sp³-hybridized carbons (Fsp3) is 0.333. The Balaban J connectivity index is 1.89. The Kier molecular flexibility index (Phi) is 8.00. The summed E-state index contributed by atoms with van der Waals surface area (Å²) >= 11 is 0. The van der Waals surface area contributed by atoms with Gasteiger partial charge in [0.1, 0.15) is 5.69 Å². The minimum absolute atomic E-state index is 0.00534. The van der Waals surface area contributed by atoms with Crippen LogP contribution in [0, 0.1) is 0 Å². The van der Waals surface area contributed by atoms with Crippen molar-refractivity contribution in [2.24, 2.45) is 0 Å². The van der Waals surface area contributed by atoms with Gasteiger partial charge in [0.15, 0.2) is 5.69 Å². The van der Waals surface area contributed by atoms with E-state index in [-0.39, 0.29) is 37.6 Å². The van der Waals surface area contributed by atoms with E-state index in [1.165, 1.54) is 12.1 Å². The van der Waals surface area contributed by atoms with Crippen LogP contribution in [0.4, 0.5) is 0 Å². The van der Waals surface area contributed by atoms with E-state index in [0.717, 1.165) is 0 Å². The third-order valence-corrected chi connectivity index (χ3v) is 4.73. The largest absolute Gasteiger partial charge is 0.480 e. The van der Waals surface area contributed by atoms with Crippen molar-refractivity contribution in [3.05, 3.63) is 59.2 Å². The molecule has 12 heteroatoms. The maximum Gasteiger partial charge on any atom is 0.381 e. The van der Waals surface area contributed by atoms with Crippen LogP contribution in [0.25, 0.3) is 0 Å². The summed E-state index contributed by atoms with van der Waals surface area (Å²) in [7, 11) is 0. The second kappa shape index (κ2) is 11.1. The summed E-state index contributed by atoms with van der Waals surface area (Å²) in [6.45, 7) is 0.518. The first-order valence-electron chi connectivity index (χ1n) is 10.1. The molecule has 3 heterocycles. The lowest BCUT2D eigenvalue weighted by Crippen LogP contribution is -2.35. The minimum atomic E-state index is -1.03. The standard InChI is InChI=1S/C21H23N5O7/c27-18(28)12-25-8-3-9-26(13-19(29)30)11-15-5-2-7-17(23-15)21(32)33-24-20(31)16-6-1-4-14(10-25)22-16/h1-2,4-7H,3,8-13H2,(H,24,31)(H,27,28)(H,29,30). The first-order valence-corrected chi connectivity index (χ1v) is 10.1. The lowest BCUT2D eigenvalue weighted by atomic mass is 10.2. The summed E-state index contributed by atoms with van der Waals surface area (Å²) in [4.78, 5) is 63.8. The predicted molar refractivity (Wildman–Crippen MR) is 112 cm³/mol. The highest BCUT2D eigenvalue weighted by Crippen LogP contribution is 2.09. The van der Waals surface area contributed by atoms with E-state index in [1.807, 2.05) is 5.48 Å². The van der Waals surface area contributed by atoms with Gasteiger partial charge in [-0.25, -0.2) is 14.8 Å². The van der Waals surface area contributed by atoms with Crippen molar-refractivity contribution in [1.29, 1.82) is 0 Å². The number of hydrogen-bond donors (Lipinski definition) is 3. The normalized spacial score (nSPS) is 16.4. The molecule has 0 atom stereocenters. The van der Waals surface area contributed by atoms with Crippen LogP contribution in [0.3, 0.4) is 0 Å². The number of rotatable bonds is 4. The highest BCUT2D eigenvalue weighted by atomic mass is 16.7. The molecule has 0 fully saturated rings. The van der Waals surface area contributed by atoms with Crippen LogP contribution in [0.2, 0.25) is 0 Å². The molecule has 1 aliphatic rings. The van der Waals surface area contributed by atoms with E-state index in [2.05, 4.69) is 9.97 Å². The number of carboxylic acids is 2. The summed E-state index contributed by atoms with van der Waals surface area (Å²) in [5, 5.41) is 18.5. The number of amides is 1. The molecule has 1 amide bonds. The van der Waals surface area contributed by atoms with Crippen LogP contribution in [-0.2, 0) is 27.5 Å². The van der Waals surface area contributed by atoms with Crippen LogP contribution in [0.1, 0.15) is 38.8 Å². The van der Waals surface area contributed by atoms with Gasteiger partial charge in [-0.05, 0) is 30.7 Å². The van der Waals surface area contributed by atoms with E-state index in [4.69, 9.17) is 4.84 Å². The first kappa shape index (κ1) is 23.8. The van der Waals surface area contributed by atoms with Crippen LogP contribution in [-0.4, -0.2) is 80.0 Å². The zero-order chi connectivity index (χ0) is 23.8. The lowest BCUT2D eigenvalue weighted by molar-refractivity contribution is -0.139. The van der Waals surface area contributed by atoms with Gasteiger partial charge in [0.25, 0.3) is 0 Å². The number of fused-ring (bicyclic) bond motifs is 4. The van der Waals surface area contributed by atoms with Gasteiger partial charge in [-0.1, -0.05) is 12.1 Å². The molecule has 33 heavy (non-hydrogen) atoms. The number of carboxylic acid groups (broad SMARTS) is 2. The molecule has 0 saturated carbocycles. The van der Waals surface area contributed by atoms with Crippen LogP contribution < -0.4 is 5.48 Å². The zero-order valence-corrected chi connectivity index (χ0v) is 17.6. The van der Waals surface area contributed by atoms with Gasteiger partial charge in [0.2, 0.25) is 0 Å². The van der Waals surface area contributed by atoms with E-state index >= 15 is 0 Å². The topological polar surface area (TPSA) is 162 Å². The molecule has 174 valence electrons. The summed E-state index contributed by atoms with van der Waals surface area (Å²) < 4.78 is 0. The smallest absolute Gasteiger partial charge is 0.381 e. The summed E-state index contributed by atoms with van der Waals surface area (Å²) in [6, 6.07) is 9.31. The van der Waals surface area contributed by atoms with Crippen LogP contribution in [0.5, 0.6) is 0 Å². The quantitative estimate of drug-likeness (QED) is 0.573. The Hall–Kier alpha value is -3.90. The molecule has 4 bridgehead atoms. The highest BCUT2D eigenvalue weighted by molar-refractivity contribution is 5.94. The van der Waals surface area contributed by atoms with Crippen molar-refractivity contribution in [3.8, 4) is 0 Å². The average Bonchev–Trinajstić information content (AvgIpc) is 2.76. The number of carbonyl (C=O) groups is 4. The fourth-order valence-electron chi connectivity index (χ4n) is 3.36. The summed E-state index contributed by atoms with van der Waals surface area (Å²) in [5.41, 5.74) is 2.87. The SMILES string of the molecule is O=C(O)CN1CCCN(CC(=O)O)Cc2cccc(n2)C(=O)ONC(=O)c2cccc(n2)C1. The van der Waals surface area contributed by atoms with Crippen molar-refractivity contribution < 1.29 is 34.2 Å². The Morgan fingerprint density at radius 3 is 1.94 bits per heavy atom. The molecule has 0 aliphatic carbocycles. The second-order valence-corrected chi connectivity index (χ2v) is 7.41. The maximum atomic E-state index is 12.4.